The first-order chi connectivity index (χ1) is 10.5. The number of ketones is 1. The molecule has 22 heavy (non-hydrogen) atoms. The van der Waals surface area contributed by atoms with E-state index < -0.39 is 0 Å². The highest BCUT2D eigenvalue weighted by Crippen LogP contribution is 2.32. The first-order valence-electron chi connectivity index (χ1n) is 6.95. The third-order valence-corrected chi connectivity index (χ3v) is 3.67. The van der Waals surface area contributed by atoms with Crippen LogP contribution in [0.2, 0.25) is 0 Å². The van der Waals surface area contributed by atoms with Crippen LogP contribution in [-0.2, 0) is 11.2 Å². The Hall–Kier alpha value is -2.63. The lowest BCUT2D eigenvalue weighted by atomic mass is 9.82. The van der Waals surface area contributed by atoms with Crippen LogP contribution in [-0.4, -0.2) is 21.7 Å². The van der Waals surface area contributed by atoms with E-state index in [0.717, 1.165) is 5.56 Å². The molecule has 1 N–H and O–H groups in total. The minimum absolute atomic E-state index is 0.0371. The second-order valence-corrected chi connectivity index (χ2v) is 5.32. The van der Waals surface area contributed by atoms with Crippen LogP contribution in [0.15, 0.2) is 30.5 Å². The molecule has 0 spiro atoms. The summed E-state index contributed by atoms with van der Waals surface area (Å²) in [6.07, 6.45) is 2.36. The zero-order valence-corrected chi connectivity index (χ0v) is 12.0. The molecule has 0 radical (unpaired) electrons. The van der Waals surface area contributed by atoms with E-state index in [2.05, 4.69) is 15.3 Å². The van der Waals surface area contributed by atoms with E-state index in [-0.39, 0.29) is 29.4 Å². The highest BCUT2D eigenvalue weighted by Gasteiger charge is 2.28. The molecule has 1 atom stereocenters. The van der Waals surface area contributed by atoms with Crippen LogP contribution in [0, 0.1) is 5.82 Å². The number of carbonyl (C=O) groups is 2. The number of hydrogen-bond donors (Lipinski definition) is 1. The number of carbonyl (C=O) groups excluding carboxylic acids is 2. The standard InChI is InChI=1S/C16H14FN3O2/c1-9(21)19-16-18-8-13-14(20-16)6-11(7-15(13)22)10-2-4-12(17)5-3-10/h2-5,8,11H,6-7H2,1H3,(H,18,19,20,21)/t11-/m0/s1. The second kappa shape index (κ2) is 5.63. The van der Waals surface area contributed by atoms with Gasteiger partial charge in [-0.1, -0.05) is 12.1 Å². The van der Waals surface area contributed by atoms with E-state index in [1.165, 1.54) is 25.3 Å². The van der Waals surface area contributed by atoms with Gasteiger partial charge >= 0.3 is 0 Å². The molecule has 5 nitrogen and oxygen atoms in total. The Morgan fingerprint density at radius 2 is 2.00 bits per heavy atom. The van der Waals surface area contributed by atoms with Crippen LogP contribution < -0.4 is 5.32 Å². The zero-order chi connectivity index (χ0) is 15.7. The third kappa shape index (κ3) is 2.86. The van der Waals surface area contributed by atoms with Gasteiger partial charge in [-0.05, 0) is 30.0 Å². The number of Topliss-reactive ketones (excluding diaryl/α,β-unsaturated/α-hetero) is 1. The molecule has 6 heteroatoms. The van der Waals surface area contributed by atoms with E-state index >= 15 is 0 Å². The lowest BCUT2D eigenvalue weighted by Gasteiger charge is -2.23. The number of fused-ring (bicyclic) bond motifs is 1. The van der Waals surface area contributed by atoms with E-state index in [0.29, 0.717) is 24.1 Å². The van der Waals surface area contributed by atoms with Gasteiger partial charge in [-0.25, -0.2) is 14.4 Å². The Morgan fingerprint density at radius 3 is 2.68 bits per heavy atom. The quantitative estimate of drug-likeness (QED) is 0.924. The topological polar surface area (TPSA) is 72.0 Å². The SMILES string of the molecule is CC(=O)Nc1ncc2c(n1)C[C@H](c1ccc(F)cc1)CC2=O. The molecular formula is C16H14FN3O2. The predicted octanol–water partition coefficient (Wildman–Crippen LogP) is 2.49. The fourth-order valence-corrected chi connectivity index (χ4v) is 2.63. The summed E-state index contributed by atoms with van der Waals surface area (Å²) in [6.45, 7) is 1.37. The van der Waals surface area contributed by atoms with Gasteiger partial charge in [0.2, 0.25) is 11.9 Å². The molecule has 0 saturated carbocycles. The molecule has 0 unspecified atom stereocenters. The van der Waals surface area contributed by atoms with E-state index in [1.807, 2.05) is 0 Å². The fourth-order valence-electron chi connectivity index (χ4n) is 2.63. The number of halogens is 1. The number of benzene rings is 1. The van der Waals surface area contributed by atoms with E-state index in [9.17, 15) is 14.0 Å². The number of aromatic nitrogens is 2. The molecule has 0 aliphatic heterocycles. The molecule has 1 aromatic carbocycles. The predicted molar refractivity (Wildman–Crippen MR) is 78.1 cm³/mol. The summed E-state index contributed by atoms with van der Waals surface area (Å²) >= 11 is 0. The molecule has 2 aromatic rings. The van der Waals surface area contributed by atoms with Crippen molar-refractivity contribution in [2.24, 2.45) is 0 Å². The van der Waals surface area contributed by atoms with Gasteiger partial charge in [0.1, 0.15) is 5.82 Å². The molecule has 0 fully saturated rings. The Morgan fingerprint density at radius 1 is 1.27 bits per heavy atom. The van der Waals surface area contributed by atoms with E-state index in [1.54, 1.807) is 12.1 Å². The smallest absolute Gasteiger partial charge is 0.229 e. The minimum atomic E-state index is -0.304. The van der Waals surface area contributed by atoms with Crippen molar-refractivity contribution >= 4 is 17.6 Å². The largest absolute Gasteiger partial charge is 0.295 e. The van der Waals surface area contributed by atoms with Crippen molar-refractivity contribution in [2.45, 2.75) is 25.7 Å². The third-order valence-electron chi connectivity index (χ3n) is 3.67. The van der Waals surface area contributed by atoms with Crippen molar-refractivity contribution in [3.05, 3.63) is 53.1 Å². The summed E-state index contributed by atoms with van der Waals surface area (Å²) in [6, 6.07) is 6.15. The van der Waals surface area contributed by atoms with Crippen LogP contribution >= 0.6 is 0 Å². The Kier molecular flexibility index (Phi) is 3.66. The molecule has 1 aromatic heterocycles. The van der Waals surface area contributed by atoms with Gasteiger partial charge in [0.05, 0.1) is 11.3 Å². The Labute approximate surface area is 126 Å². The van der Waals surface area contributed by atoms with Crippen LogP contribution in [0.4, 0.5) is 10.3 Å². The zero-order valence-electron chi connectivity index (χ0n) is 12.0. The summed E-state index contributed by atoms with van der Waals surface area (Å²) in [5.41, 5.74) is 2.01. The maximum absolute atomic E-state index is 13.0. The maximum Gasteiger partial charge on any atom is 0.229 e. The highest BCUT2D eigenvalue weighted by molar-refractivity contribution is 5.98. The molecule has 3 rings (SSSR count). The summed E-state index contributed by atoms with van der Waals surface area (Å²) in [4.78, 5) is 31.5. The average Bonchev–Trinajstić information content (AvgIpc) is 2.47. The molecule has 1 amide bonds. The van der Waals surface area contributed by atoms with Crippen molar-refractivity contribution < 1.29 is 14.0 Å². The minimum Gasteiger partial charge on any atom is -0.295 e. The molecule has 0 saturated heterocycles. The molecule has 0 bridgehead atoms. The van der Waals surface area contributed by atoms with Crippen LogP contribution in [0.5, 0.6) is 0 Å². The second-order valence-electron chi connectivity index (χ2n) is 5.32. The van der Waals surface area contributed by atoms with Gasteiger partial charge in [-0.3, -0.25) is 14.9 Å². The van der Waals surface area contributed by atoms with Gasteiger partial charge in [0, 0.05) is 19.5 Å². The number of nitrogens with zero attached hydrogens (tertiary/aromatic N) is 2. The van der Waals surface area contributed by atoms with Gasteiger partial charge in [0.25, 0.3) is 0 Å². The van der Waals surface area contributed by atoms with Crippen molar-refractivity contribution in [3.8, 4) is 0 Å². The average molecular weight is 299 g/mol. The summed E-state index contributed by atoms with van der Waals surface area (Å²) < 4.78 is 13.0. The van der Waals surface area contributed by atoms with Gasteiger partial charge in [-0.2, -0.15) is 0 Å². The summed E-state index contributed by atoms with van der Waals surface area (Å²) in [5.74, 6) is -0.455. The fraction of sp³-hybridized carbons (Fsp3) is 0.250. The van der Waals surface area contributed by atoms with Crippen LogP contribution in [0.25, 0.3) is 0 Å². The Balaban J connectivity index is 1.91. The Bertz CT molecular complexity index is 744. The van der Waals surface area contributed by atoms with Crippen molar-refractivity contribution in [1.82, 2.24) is 9.97 Å². The molecule has 1 aliphatic carbocycles. The van der Waals surface area contributed by atoms with Gasteiger partial charge in [0.15, 0.2) is 5.78 Å². The van der Waals surface area contributed by atoms with Gasteiger partial charge in [-0.15, -0.1) is 0 Å². The normalized spacial score (nSPS) is 17.0. The number of anilines is 1. The molecule has 112 valence electrons. The number of rotatable bonds is 2. The van der Waals surface area contributed by atoms with Crippen LogP contribution in [0.3, 0.4) is 0 Å². The first-order valence-corrected chi connectivity index (χ1v) is 6.95. The lowest BCUT2D eigenvalue weighted by molar-refractivity contribution is -0.114. The van der Waals surface area contributed by atoms with Crippen molar-refractivity contribution in [2.75, 3.05) is 5.32 Å². The maximum atomic E-state index is 13.0. The van der Waals surface area contributed by atoms with E-state index in [4.69, 9.17) is 0 Å². The lowest BCUT2D eigenvalue weighted by Crippen LogP contribution is -2.22. The highest BCUT2D eigenvalue weighted by atomic mass is 19.1. The summed E-state index contributed by atoms with van der Waals surface area (Å²) in [7, 11) is 0. The van der Waals surface area contributed by atoms with Crippen molar-refractivity contribution in [1.29, 1.82) is 0 Å². The molecular weight excluding hydrogens is 285 g/mol. The first kappa shape index (κ1) is 14.3. The molecule has 1 heterocycles. The summed E-state index contributed by atoms with van der Waals surface area (Å²) in [5, 5.41) is 2.51. The van der Waals surface area contributed by atoms with Crippen LogP contribution in [0.1, 0.15) is 40.9 Å². The monoisotopic (exact) mass is 299 g/mol. The molecule has 1 aliphatic rings. The number of nitrogens with one attached hydrogen (secondary N) is 1. The number of amides is 1. The van der Waals surface area contributed by atoms with Gasteiger partial charge < -0.3 is 0 Å². The van der Waals surface area contributed by atoms with Crippen molar-refractivity contribution in [3.63, 3.8) is 0 Å². The number of hydrogen-bond acceptors (Lipinski definition) is 4.